The Kier molecular flexibility index (Phi) is 7.93. The maximum Gasteiger partial charge on any atom is 0.212 e. The van der Waals surface area contributed by atoms with Crippen molar-refractivity contribution in [1.29, 1.82) is 5.41 Å². The Balaban J connectivity index is 1.79. The van der Waals surface area contributed by atoms with Gasteiger partial charge in [0.2, 0.25) is 5.88 Å². The molecule has 1 aliphatic rings. The third kappa shape index (κ3) is 6.10. The van der Waals surface area contributed by atoms with E-state index in [-0.39, 0.29) is 11.1 Å². The van der Waals surface area contributed by atoms with Crippen LogP contribution in [0.5, 0.6) is 11.6 Å². The van der Waals surface area contributed by atoms with Gasteiger partial charge in [-0.3, -0.25) is 10.4 Å². The highest BCUT2D eigenvalue weighted by atomic mass is 32.2. The van der Waals surface area contributed by atoms with Gasteiger partial charge in [-0.05, 0) is 76.1 Å². The largest absolute Gasteiger partial charge is 0.496 e. The summed E-state index contributed by atoms with van der Waals surface area (Å²) in [6.45, 7) is 8.99. The highest BCUT2D eigenvalue weighted by molar-refractivity contribution is 8.26. The Labute approximate surface area is 207 Å². The lowest BCUT2D eigenvalue weighted by atomic mass is 9.79. The fourth-order valence-corrected chi connectivity index (χ4v) is 5.70. The van der Waals surface area contributed by atoms with E-state index in [0.29, 0.717) is 22.7 Å². The van der Waals surface area contributed by atoms with Crippen LogP contribution in [0.4, 0.5) is 0 Å². The highest BCUT2D eigenvalue weighted by Crippen LogP contribution is 2.34. The van der Waals surface area contributed by atoms with Gasteiger partial charge in [0.15, 0.2) is 5.17 Å². The van der Waals surface area contributed by atoms with Crippen molar-refractivity contribution in [1.82, 2.24) is 15.2 Å². The maximum absolute atomic E-state index is 8.83. The van der Waals surface area contributed by atoms with Crippen LogP contribution in [0.1, 0.15) is 46.1 Å². The molecule has 0 atom stereocenters. The molecule has 1 saturated heterocycles. The minimum absolute atomic E-state index is 0.0348. The SMILES string of the molecule is CN=C(SC(=N)c1ccc(-c2ccc(OC)nc2)cc1OC)N(C)C1CC(C)(C)NC(C)(C)C1. The molecule has 0 bridgehead atoms. The second-order valence-corrected chi connectivity index (χ2v) is 11.0. The van der Waals surface area contributed by atoms with E-state index in [1.54, 1.807) is 27.5 Å². The molecule has 1 aliphatic heterocycles. The van der Waals surface area contributed by atoms with Crippen LogP contribution in [0.3, 0.4) is 0 Å². The lowest BCUT2D eigenvalue weighted by Crippen LogP contribution is -2.62. The first kappa shape index (κ1) is 26.0. The normalized spacial score (nSPS) is 17.8. The van der Waals surface area contributed by atoms with Gasteiger partial charge >= 0.3 is 0 Å². The van der Waals surface area contributed by atoms with Gasteiger partial charge in [-0.25, -0.2) is 4.98 Å². The van der Waals surface area contributed by atoms with Crippen molar-refractivity contribution in [3.8, 4) is 22.8 Å². The van der Waals surface area contributed by atoms with E-state index in [0.717, 1.165) is 34.7 Å². The first-order chi connectivity index (χ1) is 16.0. The fraction of sp³-hybridized carbons (Fsp3) is 0.500. The number of piperidine rings is 1. The molecule has 7 nitrogen and oxygen atoms in total. The quantitative estimate of drug-likeness (QED) is 0.457. The Morgan fingerprint density at radius 1 is 1.09 bits per heavy atom. The Hall–Kier alpha value is -2.58. The molecule has 3 rings (SSSR count). The monoisotopic (exact) mass is 483 g/mol. The van der Waals surface area contributed by atoms with Gasteiger partial charge < -0.3 is 19.7 Å². The molecule has 0 aliphatic carbocycles. The summed E-state index contributed by atoms with van der Waals surface area (Å²) in [7, 11) is 7.11. The number of benzene rings is 1. The molecule has 2 N–H and O–H groups in total. The third-order valence-corrected chi connectivity index (χ3v) is 7.20. The number of rotatable bonds is 5. The van der Waals surface area contributed by atoms with Crippen LogP contribution in [0.15, 0.2) is 41.5 Å². The molecular formula is C26H37N5O2S. The first-order valence-corrected chi connectivity index (χ1v) is 12.2. The molecule has 34 heavy (non-hydrogen) atoms. The summed E-state index contributed by atoms with van der Waals surface area (Å²) in [5, 5.41) is 13.8. The standard InChI is InChI=1S/C26H37N5O2S/c1-25(2)14-19(15-26(3,4)30-25)31(6)24(28-5)34-23(27)20-11-9-17(13-21(20)32-7)18-10-12-22(33-8)29-16-18/h9-13,16,19,27,30H,14-15H2,1-8H3. The molecule has 8 heteroatoms. The Bertz CT molecular complexity index is 1030. The van der Waals surface area contributed by atoms with Crippen LogP contribution >= 0.6 is 11.8 Å². The van der Waals surface area contributed by atoms with Crippen LogP contribution in [0.2, 0.25) is 0 Å². The van der Waals surface area contributed by atoms with Crippen LogP contribution in [0.25, 0.3) is 11.1 Å². The summed E-state index contributed by atoms with van der Waals surface area (Å²) in [5.41, 5.74) is 2.73. The number of ether oxygens (including phenoxy) is 2. The zero-order valence-corrected chi connectivity index (χ0v) is 22.3. The van der Waals surface area contributed by atoms with E-state index in [2.05, 4.69) is 54.9 Å². The van der Waals surface area contributed by atoms with Gasteiger partial charge in [-0.1, -0.05) is 6.07 Å². The van der Waals surface area contributed by atoms with Crippen LogP contribution < -0.4 is 14.8 Å². The van der Waals surface area contributed by atoms with Crippen molar-refractivity contribution in [3.05, 3.63) is 42.1 Å². The molecule has 0 radical (unpaired) electrons. The molecular weight excluding hydrogens is 446 g/mol. The van der Waals surface area contributed by atoms with Gasteiger partial charge in [0.05, 0.1) is 14.2 Å². The highest BCUT2D eigenvalue weighted by Gasteiger charge is 2.40. The summed E-state index contributed by atoms with van der Waals surface area (Å²) in [6.07, 6.45) is 3.79. The number of aromatic nitrogens is 1. The van der Waals surface area contributed by atoms with Crippen LogP contribution in [-0.2, 0) is 0 Å². The lowest BCUT2D eigenvalue weighted by Gasteiger charge is -2.49. The molecule has 2 aromatic rings. The number of thioether (sulfide) groups is 1. The molecule has 0 amide bonds. The molecule has 184 valence electrons. The topological polar surface area (TPSA) is 82.8 Å². The second-order valence-electron chi connectivity index (χ2n) is 10.0. The summed E-state index contributed by atoms with van der Waals surface area (Å²) < 4.78 is 10.8. The van der Waals surface area contributed by atoms with Gasteiger partial charge in [0.25, 0.3) is 0 Å². The fourth-order valence-electron chi connectivity index (χ4n) is 4.85. The number of nitrogens with zero attached hydrogens (tertiary/aromatic N) is 3. The minimum Gasteiger partial charge on any atom is -0.496 e. The molecule has 1 fully saturated rings. The van der Waals surface area contributed by atoms with Gasteiger partial charge in [-0.2, -0.15) is 0 Å². The summed E-state index contributed by atoms with van der Waals surface area (Å²) >= 11 is 1.37. The average molecular weight is 484 g/mol. The van der Waals surface area contributed by atoms with E-state index in [1.165, 1.54) is 11.8 Å². The number of nitrogens with one attached hydrogen (secondary N) is 2. The molecule has 0 saturated carbocycles. The average Bonchev–Trinajstić information content (AvgIpc) is 2.79. The lowest BCUT2D eigenvalue weighted by molar-refractivity contribution is 0.115. The summed E-state index contributed by atoms with van der Waals surface area (Å²) in [5.74, 6) is 1.22. The van der Waals surface area contributed by atoms with E-state index >= 15 is 0 Å². The van der Waals surface area contributed by atoms with Gasteiger partial charge in [0, 0.05) is 54.6 Å². The zero-order chi connectivity index (χ0) is 25.1. The molecule has 0 spiro atoms. The summed E-state index contributed by atoms with van der Waals surface area (Å²) in [6, 6.07) is 9.98. The van der Waals surface area contributed by atoms with E-state index in [4.69, 9.17) is 14.9 Å². The Morgan fingerprint density at radius 3 is 2.26 bits per heavy atom. The third-order valence-electron chi connectivity index (χ3n) is 6.13. The summed E-state index contributed by atoms with van der Waals surface area (Å²) in [4.78, 5) is 11.1. The van der Waals surface area contributed by atoms with Crippen molar-refractivity contribution in [3.63, 3.8) is 0 Å². The number of amidine groups is 1. The van der Waals surface area contributed by atoms with Gasteiger partial charge in [-0.15, -0.1) is 0 Å². The molecule has 0 unspecified atom stereocenters. The number of pyridine rings is 1. The van der Waals surface area contributed by atoms with E-state index in [9.17, 15) is 0 Å². The van der Waals surface area contributed by atoms with E-state index in [1.807, 2.05) is 30.3 Å². The number of aliphatic imine (C=N–C) groups is 1. The zero-order valence-electron chi connectivity index (χ0n) is 21.5. The maximum atomic E-state index is 8.83. The van der Waals surface area contributed by atoms with Crippen molar-refractivity contribution < 1.29 is 9.47 Å². The van der Waals surface area contributed by atoms with E-state index < -0.39 is 0 Å². The minimum atomic E-state index is 0.0348. The molecule has 1 aromatic heterocycles. The van der Waals surface area contributed by atoms with Crippen LogP contribution in [0, 0.1) is 5.41 Å². The van der Waals surface area contributed by atoms with Crippen molar-refractivity contribution in [2.45, 2.75) is 57.7 Å². The number of methoxy groups -OCH3 is 2. The number of hydrogen-bond acceptors (Lipinski definition) is 7. The second kappa shape index (κ2) is 10.4. The number of hydrogen-bond donors (Lipinski definition) is 2. The predicted molar refractivity (Wildman–Crippen MR) is 143 cm³/mol. The van der Waals surface area contributed by atoms with Gasteiger partial charge in [0.1, 0.15) is 10.8 Å². The van der Waals surface area contributed by atoms with Crippen molar-refractivity contribution in [2.75, 3.05) is 28.3 Å². The van der Waals surface area contributed by atoms with Crippen molar-refractivity contribution in [2.24, 2.45) is 4.99 Å². The predicted octanol–water partition coefficient (Wildman–Crippen LogP) is 5.05. The molecule has 2 heterocycles. The Morgan fingerprint density at radius 2 is 1.74 bits per heavy atom. The first-order valence-electron chi connectivity index (χ1n) is 11.4. The smallest absolute Gasteiger partial charge is 0.212 e. The van der Waals surface area contributed by atoms with Crippen molar-refractivity contribution >= 4 is 22.0 Å². The molecule has 1 aromatic carbocycles. The van der Waals surface area contributed by atoms with Crippen LogP contribution in [-0.4, -0.2) is 65.5 Å².